The maximum atomic E-state index is 11.8. The van der Waals surface area contributed by atoms with E-state index in [4.69, 9.17) is 9.84 Å². The highest BCUT2D eigenvalue weighted by molar-refractivity contribution is 5.78. The summed E-state index contributed by atoms with van der Waals surface area (Å²) in [5, 5.41) is 15.2. The number of hydrogen-bond donors (Lipinski definition) is 3. The molecule has 18 heavy (non-hydrogen) atoms. The largest absolute Gasteiger partial charge is 0.396 e. The minimum atomic E-state index is 0.0329. The molecule has 1 heterocycles. The van der Waals surface area contributed by atoms with Gasteiger partial charge in [-0.1, -0.05) is 13.8 Å². The van der Waals surface area contributed by atoms with Crippen molar-refractivity contribution in [2.75, 3.05) is 26.4 Å². The van der Waals surface area contributed by atoms with E-state index in [1.165, 1.54) is 0 Å². The minimum Gasteiger partial charge on any atom is -0.396 e. The standard InChI is InChI=1S/C13H26N2O3/c1-10(2)12(3-6-16)14-9-13(17)15-11-4-7-18-8-5-11/h10-12,14,16H,3-9H2,1-2H3,(H,15,17). The Morgan fingerprint density at radius 3 is 2.61 bits per heavy atom. The van der Waals surface area contributed by atoms with E-state index >= 15 is 0 Å². The van der Waals surface area contributed by atoms with Gasteiger partial charge in [0.15, 0.2) is 0 Å². The Hall–Kier alpha value is -0.650. The zero-order valence-electron chi connectivity index (χ0n) is 11.4. The van der Waals surface area contributed by atoms with Gasteiger partial charge in [0, 0.05) is 31.9 Å². The Balaban J connectivity index is 2.21. The van der Waals surface area contributed by atoms with Gasteiger partial charge in [-0.25, -0.2) is 0 Å². The van der Waals surface area contributed by atoms with Crippen LogP contribution in [0.25, 0.3) is 0 Å². The Labute approximate surface area is 109 Å². The average molecular weight is 258 g/mol. The topological polar surface area (TPSA) is 70.6 Å². The first kappa shape index (κ1) is 15.4. The predicted molar refractivity (Wildman–Crippen MR) is 70.3 cm³/mol. The van der Waals surface area contributed by atoms with Crippen molar-refractivity contribution in [1.29, 1.82) is 0 Å². The Kier molecular flexibility index (Phi) is 7.23. The van der Waals surface area contributed by atoms with Crippen LogP contribution in [0, 0.1) is 5.92 Å². The fourth-order valence-electron chi connectivity index (χ4n) is 2.15. The highest BCUT2D eigenvalue weighted by Crippen LogP contribution is 2.07. The lowest BCUT2D eigenvalue weighted by atomic mass is 10.0. The fraction of sp³-hybridized carbons (Fsp3) is 0.923. The van der Waals surface area contributed by atoms with Crippen molar-refractivity contribution in [2.24, 2.45) is 5.92 Å². The zero-order valence-corrected chi connectivity index (χ0v) is 11.4. The van der Waals surface area contributed by atoms with Crippen LogP contribution in [0.15, 0.2) is 0 Å². The third-order valence-corrected chi connectivity index (χ3v) is 3.36. The van der Waals surface area contributed by atoms with Gasteiger partial charge in [0.2, 0.25) is 5.91 Å². The molecular weight excluding hydrogens is 232 g/mol. The second kappa shape index (κ2) is 8.45. The molecule has 106 valence electrons. The van der Waals surface area contributed by atoms with Crippen LogP contribution in [-0.4, -0.2) is 49.5 Å². The summed E-state index contributed by atoms with van der Waals surface area (Å²) in [6.45, 7) is 6.11. The van der Waals surface area contributed by atoms with E-state index in [-0.39, 0.29) is 24.6 Å². The lowest BCUT2D eigenvalue weighted by molar-refractivity contribution is -0.121. The molecule has 0 aromatic rings. The summed E-state index contributed by atoms with van der Waals surface area (Å²) in [5.41, 5.74) is 0. The van der Waals surface area contributed by atoms with Crippen molar-refractivity contribution in [3.63, 3.8) is 0 Å². The van der Waals surface area contributed by atoms with Gasteiger partial charge in [-0.3, -0.25) is 4.79 Å². The van der Waals surface area contributed by atoms with E-state index in [0.717, 1.165) is 26.1 Å². The van der Waals surface area contributed by atoms with Gasteiger partial charge in [-0.05, 0) is 25.2 Å². The summed E-state index contributed by atoms with van der Waals surface area (Å²) in [5.74, 6) is 0.443. The van der Waals surface area contributed by atoms with Crippen molar-refractivity contribution in [3.05, 3.63) is 0 Å². The van der Waals surface area contributed by atoms with Crippen LogP contribution < -0.4 is 10.6 Å². The summed E-state index contributed by atoms with van der Waals surface area (Å²) in [4.78, 5) is 11.8. The maximum absolute atomic E-state index is 11.8. The van der Waals surface area contributed by atoms with Crippen molar-refractivity contribution in [2.45, 2.75) is 45.2 Å². The first-order valence-corrected chi connectivity index (χ1v) is 6.84. The molecule has 1 rings (SSSR count). The fourth-order valence-corrected chi connectivity index (χ4v) is 2.15. The van der Waals surface area contributed by atoms with Crippen LogP contribution in [0.1, 0.15) is 33.1 Å². The molecule has 0 radical (unpaired) electrons. The van der Waals surface area contributed by atoms with E-state index in [9.17, 15) is 4.79 Å². The lowest BCUT2D eigenvalue weighted by Gasteiger charge is -2.25. The highest BCUT2D eigenvalue weighted by Gasteiger charge is 2.17. The third-order valence-electron chi connectivity index (χ3n) is 3.36. The van der Waals surface area contributed by atoms with Crippen LogP contribution in [0.2, 0.25) is 0 Å². The van der Waals surface area contributed by atoms with Crippen molar-refractivity contribution in [3.8, 4) is 0 Å². The molecule has 1 atom stereocenters. The number of hydrogen-bond acceptors (Lipinski definition) is 4. The Morgan fingerprint density at radius 1 is 1.39 bits per heavy atom. The number of aliphatic hydroxyl groups is 1. The van der Waals surface area contributed by atoms with Crippen LogP contribution in [0.5, 0.6) is 0 Å². The molecule has 0 spiro atoms. The molecule has 0 aliphatic carbocycles. The average Bonchev–Trinajstić information content (AvgIpc) is 2.35. The molecule has 1 aliphatic heterocycles. The van der Waals surface area contributed by atoms with Crippen LogP contribution in [0.3, 0.4) is 0 Å². The van der Waals surface area contributed by atoms with Crippen molar-refractivity contribution < 1.29 is 14.6 Å². The van der Waals surface area contributed by atoms with E-state index < -0.39 is 0 Å². The van der Waals surface area contributed by atoms with Gasteiger partial charge in [0.1, 0.15) is 0 Å². The molecule has 1 unspecified atom stereocenters. The molecule has 5 nitrogen and oxygen atoms in total. The Morgan fingerprint density at radius 2 is 2.06 bits per heavy atom. The normalized spacial score (nSPS) is 18.9. The van der Waals surface area contributed by atoms with Crippen molar-refractivity contribution in [1.82, 2.24) is 10.6 Å². The summed E-state index contributed by atoms with van der Waals surface area (Å²) in [6.07, 6.45) is 2.48. The van der Waals surface area contributed by atoms with Crippen LogP contribution in [0.4, 0.5) is 0 Å². The molecule has 0 bridgehead atoms. The molecule has 0 aromatic carbocycles. The monoisotopic (exact) mass is 258 g/mol. The van der Waals surface area contributed by atoms with E-state index in [1.807, 2.05) is 0 Å². The molecule has 0 saturated carbocycles. The second-order valence-corrected chi connectivity index (χ2v) is 5.20. The Bertz CT molecular complexity index is 240. The third kappa shape index (κ3) is 5.80. The first-order valence-electron chi connectivity index (χ1n) is 6.84. The van der Waals surface area contributed by atoms with Crippen molar-refractivity contribution >= 4 is 5.91 Å². The van der Waals surface area contributed by atoms with E-state index in [0.29, 0.717) is 18.9 Å². The van der Waals surface area contributed by atoms with Crippen LogP contribution in [-0.2, 0) is 9.53 Å². The van der Waals surface area contributed by atoms with Gasteiger partial charge in [0.05, 0.1) is 6.54 Å². The minimum absolute atomic E-state index is 0.0329. The summed E-state index contributed by atoms with van der Waals surface area (Å²) in [7, 11) is 0. The number of rotatable bonds is 7. The molecular formula is C13H26N2O3. The van der Waals surface area contributed by atoms with Gasteiger partial charge in [0.25, 0.3) is 0 Å². The quantitative estimate of drug-likeness (QED) is 0.613. The SMILES string of the molecule is CC(C)C(CCO)NCC(=O)NC1CCOCC1. The number of amides is 1. The second-order valence-electron chi connectivity index (χ2n) is 5.20. The predicted octanol–water partition coefficient (Wildman–Crippen LogP) is 0.278. The molecule has 1 saturated heterocycles. The number of carbonyl (C=O) groups excluding carboxylic acids is 1. The summed E-state index contributed by atoms with van der Waals surface area (Å²) in [6, 6.07) is 0.443. The molecule has 1 aliphatic rings. The zero-order chi connectivity index (χ0) is 13.4. The molecule has 5 heteroatoms. The van der Waals surface area contributed by atoms with Crippen LogP contribution >= 0.6 is 0 Å². The molecule has 3 N–H and O–H groups in total. The molecule has 0 aromatic heterocycles. The van der Waals surface area contributed by atoms with Gasteiger partial charge in [-0.15, -0.1) is 0 Å². The number of carbonyl (C=O) groups is 1. The summed E-state index contributed by atoms with van der Waals surface area (Å²) < 4.78 is 5.25. The van der Waals surface area contributed by atoms with Gasteiger partial charge >= 0.3 is 0 Å². The smallest absolute Gasteiger partial charge is 0.234 e. The van der Waals surface area contributed by atoms with E-state index in [1.54, 1.807) is 0 Å². The molecule has 1 amide bonds. The van der Waals surface area contributed by atoms with Gasteiger partial charge < -0.3 is 20.5 Å². The number of ether oxygens (including phenoxy) is 1. The number of nitrogens with one attached hydrogen (secondary N) is 2. The number of aliphatic hydroxyl groups excluding tert-OH is 1. The van der Waals surface area contributed by atoms with Gasteiger partial charge in [-0.2, -0.15) is 0 Å². The maximum Gasteiger partial charge on any atom is 0.234 e. The first-order chi connectivity index (χ1) is 8.63. The lowest BCUT2D eigenvalue weighted by Crippen LogP contribution is -2.46. The highest BCUT2D eigenvalue weighted by atomic mass is 16.5. The van der Waals surface area contributed by atoms with E-state index in [2.05, 4.69) is 24.5 Å². The molecule has 1 fully saturated rings. The summed E-state index contributed by atoms with van der Waals surface area (Å²) >= 11 is 0.